The van der Waals surface area contributed by atoms with Crippen molar-refractivity contribution in [1.29, 1.82) is 0 Å². The molecular weight excluding hydrogens is 146 g/mol. The summed E-state index contributed by atoms with van der Waals surface area (Å²) in [5.74, 6) is 0. The van der Waals surface area contributed by atoms with Gasteiger partial charge in [-0.2, -0.15) is 0 Å². The van der Waals surface area contributed by atoms with Gasteiger partial charge >= 0.3 is 0 Å². The molecule has 4 unspecified atom stereocenters. The second kappa shape index (κ2) is 3.32. The van der Waals surface area contributed by atoms with E-state index in [1.54, 1.807) is 0 Å². The first kappa shape index (κ1) is 8.67. The third-order valence-electron chi connectivity index (χ3n) is 1.84. The Bertz CT molecular complexity index is 151. The van der Waals surface area contributed by atoms with Crippen LogP contribution in [0.3, 0.4) is 0 Å². The number of aliphatic hydroxyl groups is 2. The number of aliphatic hydroxyl groups excluding tert-OH is 2. The van der Waals surface area contributed by atoms with E-state index >= 15 is 0 Å². The highest BCUT2D eigenvalue weighted by Gasteiger charge is 2.37. The molecule has 0 bridgehead atoms. The van der Waals surface area contributed by atoms with Crippen molar-refractivity contribution >= 4 is 0 Å². The highest BCUT2D eigenvalue weighted by molar-refractivity contribution is 4.97. The zero-order valence-electron chi connectivity index (χ0n) is 6.18. The molecule has 4 nitrogen and oxygen atoms in total. The molecular formula is C7H13NO3. The van der Waals surface area contributed by atoms with Gasteiger partial charge < -0.3 is 20.7 Å². The fourth-order valence-electron chi connectivity index (χ4n) is 1.10. The lowest BCUT2D eigenvalue weighted by atomic mass is 10.1. The molecule has 0 radical (unpaired) electrons. The first-order valence-corrected chi connectivity index (χ1v) is 3.52. The van der Waals surface area contributed by atoms with Gasteiger partial charge in [-0.1, -0.05) is 6.08 Å². The summed E-state index contributed by atoms with van der Waals surface area (Å²) in [4.78, 5) is 0. The fourth-order valence-corrected chi connectivity index (χ4v) is 1.10. The van der Waals surface area contributed by atoms with Crippen molar-refractivity contribution in [1.82, 2.24) is 0 Å². The lowest BCUT2D eigenvalue weighted by molar-refractivity contribution is 0.0179. The van der Waals surface area contributed by atoms with E-state index in [0.29, 0.717) is 0 Å². The molecule has 0 saturated carbocycles. The van der Waals surface area contributed by atoms with E-state index in [-0.39, 0.29) is 6.61 Å². The van der Waals surface area contributed by atoms with Gasteiger partial charge in [-0.15, -0.1) is 6.58 Å². The lowest BCUT2D eigenvalue weighted by Crippen LogP contribution is -2.42. The van der Waals surface area contributed by atoms with Crippen molar-refractivity contribution in [2.45, 2.75) is 24.4 Å². The largest absolute Gasteiger partial charge is 0.388 e. The summed E-state index contributed by atoms with van der Waals surface area (Å²) in [6, 6.07) is -0.415. The number of ether oxygens (including phenoxy) is 1. The quantitative estimate of drug-likeness (QED) is 0.434. The van der Waals surface area contributed by atoms with E-state index in [9.17, 15) is 5.11 Å². The molecule has 0 aromatic carbocycles. The highest BCUT2D eigenvalue weighted by Crippen LogP contribution is 2.16. The summed E-state index contributed by atoms with van der Waals surface area (Å²) >= 11 is 0. The Kier molecular flexibility index (Phi) is 2.62. The van der Waals surface area contributed by atoms with Crippen LogP contribution in [0.5, 0.6) is 0 Å². The van der Waals surface area contributed by atoms with Crippen molar-refractivity contribution in [3.63, 3.8) is 0 Å². The summed E-state index contributed by atoms with van der Waals surface area (Å²) < 4.78 is 5.03. The molecule has 1 aliphatic rings. The van der Waals surface area contributed by atoms with Gasteiger partial charge in [0.2, 0.25) is 0 Å². The molecule has 64 valence electrons. The number of nitrogens with two attached hydrogens (primary N) is 1. The maximum Gasteiger partial charge on any atom is 0.110 e. The Morgan fingerprint density at radius 2 is 2.27 bits per heavy atom. The normalized spacial score (nSPS) is 40.5. The number of hydrogen-bond acceptors (Lipinski definition) is 4. The number of rotatable bonds is 2. The van der Waals surface area contributed by atoms with E-state index in [0.717, 1.165) is 0 Å². The van der Waals surface area contributed by atoms with Gasteiger partial charge in [0.15, 0.2) is 0 Å². The third-order valence-corrected chi connectivity index (χ3v) is 1.84. The standard InChI is InChI=1S/C7H13NO3/c1-2-4(8)7-6(10)5(9)3-11-7/h2,4-7,9-10H,1,3,8H2. The second-order valence-corrected chi connectivity index (χ2v) is 2.67. The van der Waals surface area contributed by atoms with E-state index in [1.807, 2.05) is 0 Å². The van der Waals surface area contributed by atoms with Crippen molar-refractivity contribution in [2.75, 3.05) is 6.61 Å². The molecule has 4 N–H and O–H groups in total. The Labute approximate surface area is 65.3 Å². The Morgan fingerprint density at radius 1 is 1.64 bits per heavy atom. The van der Waals surface area contributed by atoms with E-state index < -0.39 is 24.4 Å². The molecule has 11 heavy (non-hydrogen) atoms. The lowest BCUT2D eigenvalue weighted by Gasteiger charge is -2.18. The maximum atomic E-state index is 9.26. The van der Waals surface area contributed by atoms with Crippen LogP contribution in [0.15, 0.2) is 12.7 Å². The van der Waals surface area contributed by atoms with Crippen molar-refractivity contribution in [3.05, 3.63) is 12.7 Å². The monoisotopic (exact) mass is 159 g/mol. The van der Waals surface area contributed by atoms with Gasteiger partial charge in [0.25, 0.3) is 0 Å². The molecule has 0 amide bonds. The van der Waals surface area contributed by atoms with Gasteiger partial charge in [-0.05, 0) is 0 Å². The molecule has 0 aliphatic carbocycles. The van der Waals surface area contributed by atoms with Crippen LogP contribution in [0, 0.1) is 0 Å². The van der Waals surface area contributed by atoms with Crippen LogP contribution in [0.2, 0.25) is 0 Å². The van der Waals surface area contributed by atoms with Crippen LogP contribution in [0.25, 0.3) is 0 Å². The summed E-state index contributed by atoms with van der Waals surface area (Å²) in [6.07, 6.45) is -0.720. The Morgan fingerprint density at radius 3 is 2.64 bits per heavy atom. The smallest absolute Gasteiger partial charge is 0.110 e. The van der Waals surface area contributed by atoms with Crippen LogP contribution in [-0.2, 0) is 4.74 Å². The molecule has 0 aromatic heterocycles. The zero-order chi connectivity index (χ0) is 8.43. The summed E-state index contributed by atoms with van der Waals surface area (Å²) in [5.41, 5.74) is 5.52. The predicted octanol–water partition coefficient (Wildman–Crippen LogP) is -1.38. The van der Waals surface area contributed by atoms with Crippen LogP contribution in [0.1, 0.15) is 0 Å². The first-order chi connectivity index (χ1) is 5.16. The minimum absolute atomic E-state index is 0.146. The summed E-state index contributed by atoms with van der Waals surface area (Å²) in [6.45, 7) is 3.61. The molecule has 0 aromatic rings. The molecule has 4 heteroatoms. The molecule has 1 saturated heterocycles. The van der Waals surface area contributed by atoms with Gasteiger partial charge in [-0.25, -0.2) is 0 Å². The van der Waals surface area contributed by atoms with Gasteiger partial charge in [0.1, 0.15) is 18.3 Å². The Hall–Kier alpha value is -0.420. The Balaban J connectivity index is 2.54. The predicted molar refractivity (Wildman–Crippen MR) is 39.9 cm³/mol. The van der Waals surface area contributed by atoms with Crippen LogP contribution in [0.4, 0.5) is 0 Å². The summed E-state index contributed by atoms with van der Waals surface area (Å²) in [5, 5.41) is 18.3. The molecule has 4 atom stereocenters. The van der Waals surface area contributed by atoms with Crippen molar-refractivity contribution in [2.24, 2.45) is 5.73 Å². The van der Waals surface area contributed by atoms with Gasteiger partial charge in [0.05, 0.1) is 12.6 Å². The minimum Gasteiger partial charge on any atom is -0.388 e. The molecule has 1 aliphatic heterocycles. The maximum absolute atomic E-state index is 9.26. The van der Waals surface area contributed by atoms with Crippen LogP contribution >= 0.6 is 0 Å². The topological polar surface area (TPSA) is 75.7 Å². The van der Waals surface area contributed by atoms with Crippen molar-refractivity contribution in [3.8, 4) is 0 Å². The van der Waals surface area contributed by atoms with Gasteiger partial charge in [-0.3, -0.25) is 0 Å². The molecule has 1 heterocycles. The van der Waals surface area contributed by atoms with E-state index in [1.165, 1.54) is 6.08 Å². The number of hydrogen-bond donors (Lipinski definition) is 3. The second-order valence-electron chi connectivity index (χ2n) is 2.67. The average Bonchev–Trinajstić information content (AvgIpc) is 2.32. The minimum atomic E-state index is -0.886. The van der Waals surface area contributed by atoms with Crippen LogP contribution < -0.4 is 5.73 Å². The highest BCUT2D eigenvalue weighted by atomic mass is 16.5. The van der Waals surface area contributed by atoms with E-state index in [4.69, 9.17) is 15.6 Å². The fraction of sp³-hybridized carbons (Fsp3) is 0.714. The average molecular weight is 159 g/mol. The first-order valence-electron chi connectivity index (χ1n) is 3.52. The summed E-state index contributed by atoms with van der Waals surface area (Å²) in [7, 11) is 0. The van der Waals surface area contributed by atoms with Crippen LogP contribution in [-0.4, -0.2) is 41.2 Å². The SMILES string of the molecule is C=CC(N)C1OCC(O)C1O. The van der Waals surface area contributed by atoms with E-state index in [2.05, 4.69) is 6.58 Å². The van der Waals surface area contributed by atoms with Gasteiger partial charge in [0, 0.05) is 0 Å². The zero-order valence-corrected chi connectivity index (χ0v) is 6.18. The molecule has 1 fully saturated rings. The molecule has 1 rings (SSSR count). The van der Waals surface area contributed by atoms with Crippen molar-refractivity contribution < 1.29 is 14.9 Å². The molecule has 0 spiro atoms. The third kappa shape index (κ3) is 1.59.